The van der Waals surface area contributed by atoms with Gasteiger partial charge in [0, 0.05) is 10.6 Å². The van der Waals surface area contributed by atoms with E-state index in [0.29, 0.717) is 16.2 Å². The quantitative estimate of drug-likeness (QED) is 0.855. The minimum atomic E-state index is -1.12. The molecular formula is C13H19NO3S. The highest BCUT2D eigenvalue weighted by atomic mass is 32.2. The Hall–Kier alpha value is -1.20. The normalized spacial score (nSPS) is 12.7. The monoisotopic (exact) mass is 269 g/mol. The van der Waals surface area contributed by atoms with Crippen LogP contribution in [0.1, 0.15) is 22.3 Å². The van der Waals surface area contributed by atoms with Crippen molar-refractivity contribution in [1.29, 1.82) is 0 Å². The van der Waals surface area contributed by atoms with Crippen LogP contribution in [0.2, 0.25) is 0 Å². The number of rotatable bonds is 6. The van der Waals surface area contributed by atoms with Gasteiger partial charge in [0.15, 0.2) is 0 Å². The summed E-state index contributed by atoms with van der Waals surface area (Å²) in [7, 11) is 2.81. The van der Waals surface area contributed by atoms with Crippen molar-refractivity contribution in [3.05, 3.63) is 29.3 Å². The molecule has 0 aliphatic carbocycles. The summed E-state index contributed by atoms with van der Waals surface area (Å²) in [5.41, 5.74) is 0.921. The number of nitrogens with zero attached hydrogens (tertiary/aromatic N) is 1. The molecule has 1 N–H and O–H groups in total. The molecule has 1 aromatic carbocycles. The maximum atomic E-state index is 12.0. The van der Waals surface area contributed by atoms with Crippen LogP contribution in [0, 0.1) is 6.92 Å². The van der Waals surface area contributed by atoms with Gasteiger partial charge < -0.3 is 10.0 Å². The first-order valence-corrected chi connectivity index (χ1v) is 7.10. The van der Waals surface area contributed by atoms with Gasteiger partial charge in [-0.3, -0.25) is 4.21 Å². The van der Waals surface area contributed by atoms with Crippen LogP contribution < -0.4 is 0 Å². The fraction of sp³-hybridized carbons (Fsp3) is 0.462. The van der Waals surface area contributed by atoms with Gasteiger partial charge in [0.25, 0.3) is 0 Å². The molecule has 1 atom stereocenters. The predicted molar refractivity (Wildman–Crippen MR) is 72.6 cm³/mol. The molecule has 5 heteroatoms. The van der Waals surface area contributed by atoms with Crippen molar-refractivity contribution >= 4 is 16.8 Å². The van der Waals surface area contributed by atoms with Gasteiger partial charge in [-0.2, -0.15) is 0 Å². The highest BCUT2D eigenvalue weighted by Gasteiger charge is 2.11. The van der Waals surface area contributed by atoms with Gasteiger partial charge in [0.2, 0.25) is 0 Å². The lowest BCUT2D eigenvalue weighted by Gasteiger charge is -2.09. The molecule has 0 bridgehead atoms. The largest absolute Gasteiger partial charge is 0.478 e. The van der Waals surface area contributed by atoms with E-state index in [0.717, 1.165) is 13.0 Å². The standard InChI is InChI=1S/C13H19NO3S/c1-10-5-6-11(9-12(10)13(15)16)18(17)8-4-7-14(2)3/h5-6,9H,4,7-8H2,1-3H3,(H,15,16). The molecule has 1 unspecified atom stereocenters. The summed E-state index contributed by atoms with van der Waals surface area (Å²) in [6, 6.07) is 4.97. The zero-order chi connectivity index (χ0) is 13.7. The third kappa shape index (κ3) is 4.23. The molecule has 0 heterocycles. The maximum absolute atomic E-state index is 12.0. The van der Waals surface area contributed by atoms with Crippen LogP contribution in [0.3, 0.4) is 0 Å². The zero-order valence-electron chi connectivity index (χ0n) is 11.0. The lowest BCUT2D eigenvalue weighted by Crippen LogP contribution is -2.15. The Bertz CT molecular complexity index is 458. The van der Waals surface area contributed by atoms with Crippen molar-refractivity contribution in [2.45, 2.75) is 18.2 Å². The van der Waals surface area contributed by atoms with Gasteiger partial charge >= 0.3 is 5.97 Å². The van der Waals surface area contributed by atoms with Crippen molar-refractivity contribution in [3.8, 4) is 0 Å². The second-order valence-electron chi connectivity index (χ2n) is 4.49. The molecule has 0 spiro atoms. The molecule has 0 saturated carbocycles. The number of aromatic carboxylic acids is 1. The van der Waals surface area contributed by atoms with Crippen LogP contribution in [-0.4, -0.2) is 46.6 Å². The molecule has 100 valence electrons. The Morgan fingerprint density at radius 1 is 1.39 bits per heavy atom. The Kier molecular flexibility index (Phi) is 5.50. The number of benzene rings is 1. The second kappa shape index (κ2) is 6.66. The van der Waals surface area contributed by atoms with E-state index in [4.69, 9.17) is 5.11 Å². The molecule has 1 rings (SSSR count). The van der Waals surface area contributed by atoms with Gasteiger partial charge in [-0.15, -0.1) is 0 Å². The number of aryl methyl sites for hydroxylation is 1. The second-order valence-corrected chi connectivity index (χ2v) is 6.06. The third-order valence-corrected chi connectivity index (χ3v) is 4.08. The van der Waals surface area contributed by atoms with Gasteiger partial charge in [0.1, 0.15) is 0 Å². The molecule has 4 nitrogen and oxygen atoms in total. The smallest absolute Gasteiger partial charge is 0.335 e. The third-order valence-electron chi connectivity index (χ3n) is 2.64. The minimum absolute atomic E-state index is 0.230. The molecule has 0 aliphatic heterocycles. The molecule has 18 heavy (non-hydrogen) atoms. The summed E-state index contributed by atoms with van der Waals surface area (Å²) in [6.07, 6.45) is 0.829. The lowest BCUT2D eigenvalue weighted by atomic mass is 10.1. The first-order chi connectivity index (χ1) is 8.41. The summed E-state index contributed by atoms with van der Waals surface area (Å²) in [5, 5.41) is 9.02. The van der Waals surface area contributed by atoms with E-state index in [1.54, 1.807) is 19.1 Å². The van der Waals surface area contributed by atoms with Crippen LogP contribution in [0.25, 0.3) is 0 Å². The Morgan fingerprint density at radius 3 is 2.61 bits per heavy atom. The molecular weight excluding hydrogens is 250 g/mol. The molecule has 0 saturated heterocycles. The van der Waals surface area contributed by atoms with E-state index in [-0.39, 0.29) is 5.56 Å². The number of hydrogen-bond donors (Lipinski definition) is 1. The molecule has 0 amide bonds. The SMILES string of the molecule is Cc1ccc(S(=O)CCCN(C)C)cc1C(=O)O. The topological polar surface area (TPSA) is 57.6 Å². The van der Waals surface area contributed by atoms with E-state index in [2.05, 4.69) is 0 Å². The van der Waals surface area contributed by atoms with Crippen molar-refractivity contribution in [2.24, 2.45) is 0 Å². The van der Waals surface area contributed by atoms with Crippen LogP contribution in [0.5, 0.6) is 0 Å². The Labute approximate surface area is 110 Å². The van der Waals surface area contributed by atoms with Crippen molar-refractivity contribution in [2.75, 3.05) is 26.4 Å². The van der Waals surface area contributed by atoms with E-state index in [9.17, 15) is 9.00 Å². The summed E-state index contributed by atoms with van der Waals surface area (Å²) in [6.45, 7) is 2.62. The van der Waals surface area contributed by atoms with Crippen molar-refractivity contribution < 1.29 is 14.1 Å². The molecule has 0 aromatic heterocycles. The molecule has 0 aliphatic rings. The van der Waals surface area contributed by atoms with Crippen LogP contribution in [0.15, 0.2) is 23.1 Å². The maximum Gasteiger partial charge on any atom is 0.335 e. The number of carboxylic acids is 1. The first-order valence-electron chi connectivity index (χ1n) is 5.79. The van der Waals surface area contributed by atoms with Crippen LogP contribution in [0.4, 0.5) is 0 Å². The highest BCUT2D eigenvalue weighted by molar-refractivity contribution is 7.85. The summed E-state index contributed by atoms with van der Waals surface area (Å²) < 4.78 is 12.0. The Balaban J connectivity index is 2.74. The Morgan fingerprint density at radius 2 is 2.06 bits per heavy atom. The molecule has 1 aromatic rings. The zero-order valence-corrected chi connectivity index (χ0v) is 11.8. The van der Waals surface area contributed by atoms with Crippen LogP contribution in [-0.2, 0) is 10.8 Å². The minimum Gasteiger partial charge on any atom is -0.478 e. The summed E-state index contributed by atoms with van der Waals surface area (Å²) >= 11 is 0. The van der Waals surface area contributed by atoms with Gasteiger partial charge in [0.05, 0.1) is 16.4 Å². The predicted octanol–water partition coefficient (Wildman–Crippen LogP) is 1.75. The van der Waals surface area contributed by atoms with Crippen LogP contribution >= 0.6 is 0 Å². The average molecular weight is 269 g/mol. The average Bonchev–Trinajstić information content (AvgIpc) is 2.28. The summed E-state index contributed by atoms with van der Waals surface area (Å²) in [5.74, 6) is -0.417. The van der Waals surface area contributed by atoms with E-state index < -0.39 is 16.8 Å². The van der Waals surface area contributed by atoms with E-state index >= 15 is 0 Å². The molecule has 0 fully saturated rings. The summed E-state index contributed by atoms with van der Waals surface area (Å²) in [4.78, 5) is 13.6. The van der Waals surface area contributed by atoms with E-state index in [1.807, 2.05) is 19.0 Å². The fourth-order valence-corrected chi connectivity index (χ4v) is 2.70. The van der Waals surface area contributed by atoms with E-state index in [1.165, 1.54) is 6.07 Å². The van der Waals surface area contributed by atoms with Gasteiger partial charge in [-0.05, 0) is 51.7 Å². The first kappa shape index (κ1) is 14.9. The van der Waals surface area contributed by atoms with Crippen molar-refractivity contribution in [3.63, 3.8) is 0 Å². The fourth-order valence-electron chi connectivity index (χ4n) is 1.60. The molecule has 0 radical (unpaired) electrons. The highest BCUT2D eigenvalue weighted by Crippen LogP contribution is 2.15. The van der Waals surface area contributed by atoms with Gasteiger partial charge in [-0.1, -0.05) is 6.07 Å². The number of hydrogen-bond acceptors (Lipinski definition) is 3. The number of carbonyl (C=O) groups is 1. The van der Waals surface area contributed by atoms with Gasteiger partial charge in [-0.25, -0.2) is 4.79 Å². The number of carboxylic acid groups (broad SMARTS) is 1. The van der Waals surface area contributed by atoms with Crippen molar-refractivity contribution in [1.82, 2.24) is 4.90 Å². The lowest BCUT2D eigenvalue weighted by molar-refractivity contribution is 0.0696.